The van der Waals surface area contributed by atoms with Gasteiger partial charge in [0.2, 0.25) is 0 Å². The molecule has 1 aliphatic carbocycles. The Bertz CT molecular complexity index is 330. The van der Waals surface area contributed by atoms with Gasteiger partial charge >= 0.3 is 0 Å². The molecule has 0 saturated heterocycles. The first kappa shape index (κ1) is 12.6. The van der Waals surface area contributed by atoms with Gasteiger partial charge in [0.25, 0.3) is 0 Å². The first-order valence-corrected chi connectivity index (χ1v) is 7.06. The van der Waals surface area contributed by atoms with E-state index in [1.54, 1.807) is 0 Å². The van der Waals surface area contributed by atoms with Crippen LogP contribution in [0.15, 0.2) is 12.4 Å². The average molecular weight is 235 g/mol. The first-order chi connectivity index (χ1) is 8.31. The molecule has 1 N–H and O–H groups in total. The number of nitrogens with one attached hydrogen (secondary N) is 1. The quantitative estimate of drug-likeness (QED) is 0.850. The normalized spacial score (nSPS) is 25.1. The summed E-state index contributed by atoms with van der Waals surface area (Å²) in [5.74, 6) is 0.849. The van der Waals surface area contributed by atoms with Crippen LogP contribution in [0.2, 0.25) is 0 Å². The third kappa shape index (κ3) is 3.56. The summed E-state index contributed by atoms with van der Waals surface area (Å²) < 4.78 is 2.03. The summed E-state index contributed by atoms with van der Waals surface area (Å²) in [6.07, 6.45) is 10.9. The van der Waals surface area contributed by atoms with Crippen molar-refractivity contribution < 1.29 is 0 Å². The molecule has 0 radical (unpaired) electrons. The lowest BCUT2D eigenvalue weighted by atomic mass is 9.82. The van der Waals surface area contributed by atoms with Crippen LogP contribution < -0.4 is 5.32 Å². The largest absolute Gasteiger partial charge is 0.314 e. The molecule has 0 spiro atoms. The molecule has 0 aromatic carbocycles. The number of aryl methyl sites for hydroxylation is 1. The minimum atomic E-state index is 0.750. The Hall–Kier alpha value is -0.830. The molecule has 3 heteroatoms. The number of rotatable bonds is 5. The summed E-state index contributed by atoms with van der Waals surface area (Å²) in [6, 6.07) is 0.750. The van der Waals surface area contributed by atoms with Crippen molar-refractivity contribution in [2.75, 3.05) is 6.54 Å². The van der Waals surface area contributed by atoms with Crippen molar-refractivity contribution in [1.82, 2.24) is 15.1 Å². The minimum Gasteiger partial charge on any atom is -0.314 e. The summed E-state index contributed by atoms with van der Waals surface area (Å²) in [7, 11) is 0. The lowest BCUT2D eigenvalue weighted by Gasteiger charge is -2.29. The summed E-state index contributed by atoms with van der Waals surface area (Å²) >= 11 is 0. The maximum atomic E-state index is 4.36. The standard InChI is InChI=1S/C14H25N3/c1-3-15-14-7-5-6-12(9-14)8-13-10-16-17(4-2)11-13/h10-12,14-15H,3-9H2,1-2H3. The molecule has 0 aliphatic heterocycles. The van der Waals surface area contributed by atoms with Crippen molar-refractivity contribution in [1.29, 1.82) is 0 Å². The van der Waals surface area contributed by atoms with E-state index in [1.807, 2.05) is 10.9 Å². The van der Waals surface area contributed by atoms with Crippen LogP contribution in [0.4, 0.5) is 0 Å². The van der Waals surface area contributed by atoms with Crippen LogP contribution >= 0.6 is 0 Å². The Morgan fingerprint density at radius 3 is 3.00 bits per heavy atom. The molecule has 1 aromatic heterocycles. The molecular weight excluding hydrogens is 210 g/mol. The van der Waals surface area contributed by atoms with E-state index in [-0.39, 0.29) is 0 Å². The molecule has 3 nitrogen and oxygen atoms in total. The lowest BCUT2D eigenvalue weighted by Crippen LogP contribution is -2.34. The number of aromatic nitrogens is 2. The van der Waals surface area contributed by atoms with Gasteiger partial charge in [-0.05, 0) is 44.2 Å². The molecule has 1 saturated carbocycles. The van der Waals surface area contributed by atoms with E-state index in [0.717, 1.165) is 25.0 Å². The van der Waals surface area contributed by atoms with Crippen LogP contribution in [0.5, 0.6) is 0 Å². The molecule has 1 heterocycles. The zero-order chi connectivity index (χ0) is 12.1. The smallest absolute Gasteiger partial charge is 0.0521 e. The summed E-state index contributed by atoms with van der Waals surface area (Å²) in [5, 5.41) is 7.95. The van der Waals surface area contributed by atoms with Crippen LogP contribution in [-0.2, 0) is 13.0 Å². The third-order valence-electron chi connectivity index (χ3n) is 3.81. The minimum absolute atomic E-state index is 0.750. The molecule has 2 rings (SSSR count). The van der Waals surface area contributed by atoms with Gasteiger partial charge in [0.1, 0.15) is 0 Å². The topological polar surface area (TPSA) is 29.9 Å². The maximum absolute atomic E-state index is 4.36. The van der Waals surface area contributed by atoms with E-state index in [0.29, 0.717) is 0 Å². The third-order valence-corrected chi connectivity index (χ3v) is 3.81. The second kappa shape index (κ2) is 6.20. The van der Waals surface area contributed by atoms with Crippen LogP contribution in [0.25, 0.3) is 0 Å². The van der Waals surface area contributed by atoms with Crippen LogP contribution in [0.3, 0.4) is 0 Å². The molecule has 2 unspecified atom stereocenters. The van der Waals surface area contributed by atoms with E-state index < -0.39 is 0 Å². The zero-order valence-electron chi connectivity index (χ0n) is 11.2. The molecule has 0 amide bonds. The Morgan fingerprint density at radius 2 is 2.29 bits per heavy atom. The highest BCUT2D eigenvalue weighted by atomic mass is 15.3. The van der Waals surface area contributed by atoms with Gasteiger partial charge in [0, 0.05) is 18.8 Å². The van der Waals surface area contributed by atoms with Crippen molar-refractivity contribution in [3.05, 3.63) is 18.0 Å². The second-order valence-electron chi connectivity index (χ2n) is 5.20. The molecular formula is C14H25N3. The Kier molecular flexibility index (Phi) is 4.60. The fraction of sp³-hybridized carbons (Fsp3) is 0.786. The maximum Gasteiger partial charge on any atom is 0.0521 e. The van der Waals surface area contributed by atoms with E-state index in [9.17, 15) is 0 Å². The number of hydrogen-bond donors (Lipinski definition) is 1. The monoisotopic (exact) mass is 235 g/mol. The van der Waals surface area contributed by atoms with Gasteiger partial charge in [0.05, 0.1) is 6.20 Å². The van der Waals surface area contributed by atoms with Gasteiger partial charge < -0.3 is 5.32 Å². The summed E-state index contributed by atoms with van der Waals surface area (Å²) in [5.41, 5.74) is 1.41. The van der Waals surface area contributed by atoms with E-state index in [2.05, 4.69) is 30.5 Å². The predicted octanol–water partition coefficient (Wildman–Crippen LogP) is 2.61. The molecule has 1 aliphatic rings. The van der Waals surface area contributed by atoms with Crippen molar-refractivity contribution in [2.45, 2.75) is 58.5 Å². The zero-order valence-corrected chi connectivity index (χ0v) is 11.2. The Morgan fingerprint density at radius 1 is 1.41 bits per heavy atom. The predicted molar refractivity (Wildman–Crippen MR) is 71.0 cm³/mol. The second-order valence-corrected chi connectivity index (χ2v) is 5.20. The van der Waals surface area contributed by atoms with Crippen LogP contribution in [0, 0.1) is 5.92 Å². The van der Waals surface area contributed by atoms with Crippen molar-refractivity contribution in [2.24, 2.45) is 5.92 Å². The lowest BCUT2D eigenvalue weighted by molar-refractivity contribution is 0.287. The van der Waals surface area contributed by atoms with Crippen molar-refractivity contribution >= 4 is 0 Å². The highest BCUT2D eigenvalue weighted by Gasteiger charge is 2.21. The van der Waals surface area contributed by atoms with E-state index in [4.69, 9.17) is 0 Å². The van der Waals surface area contributed by atoms with Crippen molar-refractivity contribution in [3.63, 3.8) is 0 Å². The van der Waals surface area contributed by atoms with Gasteiger partial charge in [0.15, 0.2) is 0 Å². The highest BCUT2D eigenvalue weighted by Crippen LogP contribution is 2.27. The van der Waals surface area contributed by atoms with Crippen LogP contribution in [0.1, 0.15) is 45.1 Å². The Labute approximate surface area is 105 Å². The number of nitrogens with zero attached hydrogens (tertiary/aromatic N) is 2. The highest BCUT2D eigenvalue weighted by molar-refractivity contribution is 5.05. The van der Waals surface area contributed by atoms with Gasteiger partial charge in [-0.2, -0.15) is 5.10 Å². The Balaban J connectivity index is 1.85. The molecule has 1 aromatic rings. The molecule has 2 atom stereocenters. The van der Waals surface area contributed by atoms with Crippen molar-refractivity contribution in [3.8, 4) is 0 Å². The molecule has 96 valence electrons. The van der Waals surface area contributed by atoms with Gasteiger partial charge in [-0.15, -0.1) is 0 Å². The van der Waals surface area contributed by atoms with E-state index in [1.165, 1.54) is 37.7 Å². The van der Waals surface area contributed by atoms with E-state index >= 15 is 0 Å². The number of hydrogen-bond acceptors (Lipinski definition) is 2. The van der Waals surface area contributed by atoms with Gasteiger partial charge in [-0.3, -0.25) is 4.68 Å². The molecule has 17 heavy (non-hydrogen) atoms. The van der Waals surface area contributed by atoms with Crippen LogP contribution in [-0.4, -0.2) is 22.4 Å². The SMILES string of the molecule is CCNC1CCCC(Cc2cnn(CC)c2)C1. The molecule has 1 fully saturated rings. The average Bonchev–Trinajstić information content (AvgIpc) is 2.78. The fourth-order valence-electron chi connectivity index (χ4n) is 2.97. The first-order valence-electron chi connectivity index (χ1n) is 7.06. The molecule has 0 bridgehead atoms. The summed E-state index contributed by atoms with van der Waals surface area (Å²) in [6.45, 7) is 6.42. The summed E-state index contributed by atoms with van der Waals surface area (Å²) in [4.78, 5) is 0. The van der Waals surface area contributed by atoms with Gasteiger partial charge in [-0.1, -0.05) is 19.8 Å². The van der Waals surface area contributed by atoms with Gasteiger partial charge in [-0.25, -0.2) is 0 Å². The fourth-order valence-corrected chi connectivity index (χ4v) is 2.97.